The summed E-state index contributed by atoms with van der Waals surface area (Å²) in [6, 6.07) is 0. The lowest BCUT2D eigenvalue weighted by Gasteiger charge is -2.14. The molecule has 1 aromatic rings. The van der Waals surface area contributed by atoms with Crippen LogP contribution in [-0.2, 0) is 19.5 Å². The average molecular weight is 392 g/mol. The first-order valence-corrected chi connectivity index (χ1v) is 7.11. The molecule has 0 aliphatic carbocycles. The number of aliphatic imine (C=N–C) groups is 1. The van der Waals surface area contributed by atoms with Gasteiger partial charge in [-0.1, -0.05) is 13.8 Å². The second-order valence-corrected chi connectivity index (χ2v) is 5.45. The average Bonchev–Trinajstić information content (AvgIpc) is 2.79. The van der Waals surface area contributed by atoms with Crippen LogP contribution in [0.4, 0.5) is 0 Å². The van der Waals surface area contributed by atoms with Gasteiger partial charge in [-0.3, -0.25) is 0 Å². The minimum Gasteiger partial charge on any atom is -0.370 e. The Kier molecular flexibility index (Phi) is 7.25. The van der Waals surface area contributed by atoms with Crippen molar-refractivity contribution in [3.63, 3.8) is 0 Å². The van der Waals surface area contributed by atoms with Crippen LogP contribution in [0, 0.1) is 5.92 Å². The van der Waals surface area contributed by atoms with Gasteiger partial charge in [-0.25, -0.2) is 4.99 Å². The standard InChI is InChI=1S/C13H24N6.HI/c1-10(2)6-7-15-13(14)16-9-12-18-17-11-5-3-4-8-19(11)12;/h10H,3-9H2,1-2H3,(H3,14,15,16);1H. The molecule has 0 bridgehead atoms. The highest BCUT2D eigenvalue weighted by Gasteiger charge is 2.14. The van der Waals surface area contributed by atoms with E-state index < -0.39 is 0 Å². The number of rotatable bonds is 5. The van der Waals surface area contributed by atoms with Gasteiger partial charge in [-0.15, -0.1) is 34.2 Å². The van der Waals surface area contributed by atoms with Gasteiger partial charge < -0.3 is 15.6 Å². The van der Waals surface area contributed by atoms with Crippen molar-refractivity contribution >= 4 is 29.9 Å². The van der Waals surface area contributed by atoms with Crippen molar-refractivity contribution in [2.24, 2.45) is 16.6 Å². The lowest BCUT2D eigenvalue weighted by atomic mass is 10.1. The van der Waals surface area contributed by atoms with Crippen LogP contribution in [0.2, 0.25) is 0 Å². The maximum atomic E-state index is 5.83. The molecule has 0 atom stereocenters. The number of aromatic nitrogens is 3. The third kappa shape index (κ3) is 4.92. The van der Waals surface area contributed by atoms with Crippen LogP contribution in [0.5, 0.6) is 0 Å². The first-order chi connectivity index (χ1) is 9.16. The number of nitrogens with zero attached hydrogens (tertiary/aromatic N) is 4. The van der Waals surface area contributed by atoms with Crippen molar-refractivity contribution in [1.82, 2.24) is 20.1 Å². The normalized spacial score (nSPS) is 14.8. The molecule has 0 unspecified atom stereocenters. The molecule has 0 saturated heterocycles. The van der Waals surface area contributed by atoms with Gasteiger partial charge >= 0.3 is 0 Å². The number of hydrogen-bond acceptors (Lipinski definition) is 3. The molecule has 2 heterocycles. The molecule has 1 aromatic heterocycles. The zero-order valence-electron chi connectivity index (χ0n) is 12.3. The van der Waals surface area contributed by atoms with Crippen molar-refractivity contribution in [2.75, 3.05) is 6.54 Å². The Morgan fingerprint density at radius 3 is 2.95 bits per heavy atom. The summed E-state index contributed by atoms with van der Waals surface area (Å²) in [6.07, 6.45) is 4.53. The van der Waals surface area contributed by atoms with Gasteiger partial charge in [0.05, 0.1) is 0 Å². The van der Waals surface area contributed by atoms with Gasteiger partial charge in [0.2, 0.25) is 0 Å². The van der Waals surface area contributed by atoms with Crippen LogP contribution in [0.1, 0.15) is 44.8 Å². The Hall–Kier alpha value is -0.860. The summed E-state index contributed by atoms with van der Waals surface area (Å²) in [5.41, 5.74) is 5.83. The topological polar surface area (TPSA) is 81.1 Å². The minimum absolute atomic E-state index is 0. The maximum absolute atomic E-state index is 5.83. The molecular weight excluding hydrogens is 367 g/mol. The molecule has 1 aliphatic rings. The van der Waals surface area contributed by atoms with Crippen LogP contribution in [0.25, 0.3) is 0 Å². The molecule has 1 aliphatic heterocycles. The number of hydrogen-bond donors (Lipinski definition) is 2. The quantitative estimate of drug-likeness (QED) is 0.454. The predicted octanol–water partition coefficient (Wildman–Crippen LogP) is 1.68. The zero-order chi connectivity index (χ0) is 13.7. The van der Waals surface area contributed by atoms with Gasteiger partial charge in [-0.2, -0.15) is 0 Å². The maximum Gasteiger partial charge on any atom is 0.189 e. The van der Waals surface area contributed by atoms with Crippen LogP contribution >= 0.6 is 24.0 Å². The highest BCUT2D eigenvalue weighted by molar-refractivity contribution is 14.0. The van der Waals surface area contributed by atoms with Crippen LogP contribution in [0.3, 0.4) is 0 Å². The Morgan fingerprint density at radius 2 is 2.20 bits per heavy atom. The highest BCUT2D eigenvalue weighted by Crippen LogP contribution is 2.14. The summed E-state index contributed by atoms with van der Waals surface area (Å²) >= 11 is 0. The van der Waals surface area contributed by atoms with E-state index in [9.17, 15) is 0 Å². The Labute approximate surface area is 137 Å². The minimum atomic E-state index is 0. The molecule has 7 heteroatoms. The van der Waals surface area contributed by atoms with Crippen LogP contribution in [-0.4, -0.2) is 27.3 Å². The second-order valence-electron chi connectivity index (χ2n) is 5.45. The van der Waals surface area contributed by atoms with E-state index in [1.54, 1.807) is 0 Å². The molecule has 0 amide bonds. The van der Waals surface area contributed by atoms with Crippen molar-refractivity contribution < 1.29 is 0 Å². The first kappa shape index (κ1) is 17.2. The Balaban J connectivity index is 0.00000200. The molecule has 2 rings (SSSR count). The van der Waals surface area contributed by atoms with E-state index in [0.29, 0.717) is 18.4 Å². The largest absolute Gasteiger partial charge is 0.370 e. The summed E-state index contributed by atoms with van der Waals surface area (Å²) in [5, 5.41) is 11.5. The fourth-order valence-electron chi connectivity index (χ4n) is 2.19. The van der Waals surface area contributed by atoms with Crippen molar-refractivity contribution in [3.8, 4) is 0 Å². The summed E-state index contributed by atoms with van der Waals surface area (Å²) in [7, 11) is 0. The van der Waals surface area contributed by atoms with Gasteiger partial charge in [0.25, 0.3) is 0 Å². The Morgan fingerprint density at radius 1 is 1.40 bits per heavy atom. The molecule has 0 saturated carbocycles. The number of halogens is 1. The van der Waals surface area contributed by atoms with E-state index in [4.69, 9.17) is 5.73 Å². The highest BCUT2D eigenvalue weighted by atomic mass is 127. The van der Waals surface area contributed by atoms with Gasteiger partial charge in [0.1, 0.15) is 12.4 Å². The third-order valence-corrected chi connectivity index (χ3v) is 3.35. The molecule has 0 fully saturated rings. The SMILES string of the molecule is CC(C)CCNC(N)=NCc1nnc2n1CCCC2.I. The molecule has 6 nitrogen and oxygen atoms in total. The van der Waals surface area contributed by atoms with Gasteiger partial charge in [-0.05, 0) is 25.2 Å². The van der Waals surface area contributed by atoms with Crippen LogP contribution in [0.15, 0.2) is 4.99 Å². The number of fused-ring (bicyclic) bond motifs is 1. The van der Waals surface area contributed by atoms with E-state index in [1.165, 1.54) is 12.8 Å². The summed E-state index contributed by atoms with van der Waals surface area (Å²) < 4.78 is 2.17. The summed E-state index contributed by atoms with van der Waals surface area (Å²) in [5.74, 6) is 3.17. The summed E-state index contributed by atoms with van der Waals surface area (Å²) in [6.45, 7) is 6.77. The fourth-order valence-corrected chi connectivity index (χ4v) is 2.19. The number of aryl methyl sites for hydroxylation is 1. The van der Waals surface area contributed by atoms with E-state index >= 15 is 0 Å². The Bertz CT molecular complexity index is 440. The number of nitrogens with two attached hydrogens (primary N) is 1. The lowest BCUT2D eigenvalue weighted by molar-refractivity contribution is 0.508. The molecule has 0 spiro atoms. The van der Waals surface area contributed by atoms with E-state index in [2.05, 4.69) is 38.9 Å². The van der Waals surface area contributed by atoms with E-state index in [-0.39, 0.29) is 24.0 Å². The van der Waals surface area contributed by atoms with Crippen molar-refractivity contribution in [3.05, 3.63) is 11.6 Å². The molecular formula is C13H25IN6. The van der Waals surface area contributed by atoms with E-state index in [0.717, 1.165) is 37.6 Å². The van der Waals surface area contributed by atoms with Crippen molar-refractivity contribution in [1.29, 1.82) is 0 Å². The number of guanidine groups is 1. The molecule has 114 valence electrons. The molecule has 0 aromatic carbocycles. The van der Waals surface area contributed by atoms with Gasteiger partial charge in [0, 0.05) is 19.5 Å². The monoisotopic (exact) mass is 392 g/mol. The molecule has 0 radical (unpaired) electrons. The lowest BCUT2D eigenvalue weighted by Crippen LogP contribution is -2.33. The molecule has 20 heavy (non-hydrogen) atoms. The second kappa shape index (κ2) is 8.43. The predicted molar refractivity (Wildman–Crippen MR) is 91.2 cm³/mol. The van der Waals surface area contributed by atoms with Crippen LogP contribution < -0.4 is 11.1 Å². The molecule has 3 N–H and O–H groups in total. The zero-order valence-corrected chi connectivity index (χ0v) is 14.6. The first-order valence-electron chi connectivity index (χ1n) is 7.11. The smallest absolute Gasteiger partial charge is 0.189 e. The third-order valence-electron chi connectivity index (χ3n) is 3.35. The number of nitrogens with one attached hydrogen (secondary N) is 1. The summed E-state index contributed by atoms with van der Waals surface area (Å²) in [4.78, 5) is 4.33. The fraction of sp³-hybridized carbons (Fsp3) is 0.769. The van der Waals surface area contributed by atoms with E-state index in [1.807, 2.05) is 0 Å². The van der Waals surface area contributed by atoms with Crippen molar-refractivity contribution in [2.45, 2.75) is 52.6 Å². The van der Waals surface area contributed by atoms with Gasteiger partial charge in [0.15, 0.2) is 11.8 Å².